The lowest BCUT2D eigenvalue weighted by atomic mass is 10.1. The molecule has 10 nitrogen and oxygen atoms in total. The van der Waals surface area contributed by atoms with Crippen LogP contribution in [0.1, 0.15) is 29.7 Å². The summed E-state index contributed by atoms with van der Waals surface area (Å²) in [5.74, 6) is 0.115. The minimum absolute atomic E-state index is 0.0520. The van der Waals surface area contributed by atoms with Crippen molar-refractivity contribution in [3.63, 3.8) is 0 Å². The predicted octanol–water partition coefficient (Wildman–Crippen LogP) is 5.48. The highest BCUT2D eigenvalue weighted by Crippen LogP contribution is 2.37. The molecule has 4 heterocycles. The molecule has 2 aromatic carbocycles. The average molecular weight is 652 g/mol. The summed E-state index contributed by atoms with van der Waals surface area (Å²) >= 11 is 13.3. The molecule has 1 aliphatic rings. The summed E-state index contributed by atoms with van der Waals surface area (Å²) in [6.07, 6.45) is 9.47. The molecule has 1 aliphatic heterocycles. The van der Waals surface area contributed by atoms with E-state index in [9.17, 15) is 13.2 Å². The van der Waals surface area contributed by atoms with Crippen LogP contribution in [-0.4, -0.2) is 50.7 Å². The van der Waals surface area contributed by atoms with Gasteiger partial charge in [-0.2, -0.15) is 4.31 Å². The highest BCUT2D eigenvalue weighted by molar-refractivity contribution is 7.89. The third-order valence-corrected chi connectivity index (χ3v) is 10.4. The van der Waals surface area contributed by atoms with Gasteiger partial charge < -0.3 is 14.6 Å². The number of aryl methyl sites for hydroxylation is 1. The lowest BCUT2D eigenvalue weighted by molar-refractivity contribution is -0.124. The Balaban J connectivity index is 1.25. The molecule has 1 saturated heterocycles. The molecular weight excluding hydrogens is 623 g/mol. The average Bonchev–Trinajstić information content (AvgIpc) is 3.74. The van der Waals surface area contributed by atoms with Gasteiger partial charge in [0, 0.05) is 59.5 Å². The van der Waals surface area contributed by atoms with Crippen LogP contribution in [0.25, 0.3) is 16.6 Å². The van der Waals surface area contributed by atoms with Crippen molar-refractivity contribution in [1.29, 1.82) is 0 Å². The normalized spacial score (nSPS) is 15.5. The van der Waals surface area contributed by atoms with Gasteiger partial charge in [0.2, 0.25) is 15.9 Å². The van der Waals surface area contributed by atoms with Gasteiger partial charge in [-0.3, -0.25) is 9.78 Å². The van der Waals surface area contributed by atoms with Crippen molar-refractivity contribution in [2.45, 2.75) is 43.9 Å². The number of sulfonamides is 1. The SMILES string of the molecule is Cc1cc(-n2ccnc2)c2cccc(OCc3c(Cl)ccc(S(=O)(=O)N4CCCC4C(=O)NCc4ccncc4)c3Cl)c2n1. The topological polar surface area (TPSA) is 119 Å². The van der Waals surface area contributed by atoms with Crippen molar-refractivity contribution in [2.24, 2.45) is 0 Å². The lowest BCUT2D eigenvalue weighted by Gasteiger charge is -2.24. The Morgan fingerprint density at radius 1 is 1.09 bits per heavy atom. The maximum absolute atomic E-state index is 13.9. The predicted molar refractivity (Wildman–Crippen MR) is 167 cm³/mol. The summed E-state index contributed by atoms with van der Waals surface area (Å²) in [5.41, 5.74) is 3.48. The zero-order chi connectivity index (χ0) is 30.8. The van der Waals surface area contributed by atoms with Gasteiger partial charge in [0.15, 0.2) is 0 Å². The van der Waals surface area contributed by atoms with Gasteiger partial charge in [-0.15, -0.1) is 0 Å². The molecule has 0 aliphatic carbocycles. The van der Waals surface area contributed by atoms with Crippen LogP contribution in [0.2, 0.25) is 10.0 Å². The van der Waals surface area contributed by atoms with Gasteiger partial charge in [0.25, 0.3) is 0 Å². The minimum Gasteiger partial charge on any atom is -0.487 e. The zero-order valence-corrected chi connectivity index (χ0v) is 26.0. The van der Waals surface area contributed by atoms with E-state index in [1.54, 1.807) is 43.1 Å². The molecule has 1 N–H and O–H groups in total. The molecule has 0 bridgehead atoms. The molecule has 5 aromatic rings. The van der Waals surface area contributed by atoms with Crippen molar-refractivity contribution in [2.75, 3.05) is 6.54 Å². The van der Waals surface area contributed by atoms with Gasteiger partial charge in [-0.05, 0) is 61.7 Å². The number of hydrogen-bond acceptors (Lipinski definition) is 7. The minimum atomic E-state index is -4.14. The first-order chi connectivity index (χ1) is 21.2. The number of hydrogen-bond donors (Lipinski definition) is 1. The van der Waals surface area contributed by atoms with Crippen molar-refractivity contribution in [3.05, 3.63) is 107 Å². The van der Waals surface area contributed by atoms with E-state index >= 15 is 0 Å². The second-order valence-electron chi connectivity index (χ2n) is 10.4. The number of nitrogens with zero attached hydrogens (tertiary/aromatic N) is 5. The Hall–Kier alpha value is -4.03. The maximum Gasteiger partial charge on any atom is 0.245 e. The number of nitrogens with one attached hydrogen (secondary N) is 1. The van der Waals surface area contributed by atoms with E-state index in [0.717, 1.165) is 22.3 Å². The highest BCUT2D eigenvalue weighted by atomic mass is 35.5. The van der Waals surface area contributed by atoms with Crippen LogP contribution in [-0.2, 0) is 28.0 Å². The summed E-state index contributed by atoms with van der Waals surface area (Å²) in [4.78, 5) is 25.8. The quantitative estimate of drug-likeness (QED) is 0.224. The summed E-state index contributed by atoms with van der Waals surface area (Å²) < 4.78 is 37.1. The largest absolute Gasteiger partial charge is 0.487 e. The van der Waals surface area contributed by atoms with Crippen molar-refractivity contribution in [1.82, 2.24) is 29.1 Å². The molecule has 44 heavy (non-hydrogen) atoms. The Bertz CT molecular complexity index is 1940. The molecular formula is C31H28Cl2N6O4S. The molecule has 13 heteroatoms. The number of para-hydroxylation sites is 1. The first-order valence-corrected chi connectivity index (χ1v) is 16.1. The number of benzene rings is 2. The van der Waals surface area contributed by atoms with E-state index in [-0.39, 0.29) is 40.5 Å². The van der Waals surface area contributed by atoms with Crippen LogP contribution in [0.3, 0.4) is 0 Å². The molecule has 1 amide bonds. The number of carbonyl (C=O) groups excluding carboxylic acids is 1. The van der Waals surface area contributed by atoms with Gasteiger partial charge >= 0.3 is 0 Å². The van der Waals surface area contributed by atoms with Gasteiger partial charge in [0.05, 0.1) is 17.0 Å². The van der Waals surface area contributed by atoms with E-state index < -0.39 is 16.1 Å². The van der Waals surface area contributed by atoms with E-state index in [1.807, 2.05) is 35.9 Å². The number of ether oxygens (including phenoxy) is 1. The van der Waals surface area contributed by atoms with Crippen molar-refractivity contribution >= 4 is 50.0 Å². The lowest BCUT2D eigenvalue weighted by Crippen LogP contribution is -2.45. The molecule has 1 fully saturated rings. The fourth-order valence-corrected chi connectivity index (χ4v) is 7.86. The second kappa shape index (κ2) is 12.5. The second-order valence-corrected chi connectivity index (χ2v) is 13.0. The number of amides is 1. The van der Waals surface area contributed by atoms with Crippen molar-refractivity contribution < 1.29 is 17.9 Å². The molecule has 1 atom stereocenters. The number of imidazole rings is 1. The number of halogens is 2. The Morgan fingerprint density at radius 3 is 2.68 bits per heavy atom. The van der Waals surface area contributed by atoms with Gasteiger partial charge in [-0.25, -0.2) is 18.4 Å². The molecule has 3 aromatic heterocycles. The number of carbonyl (C=O) groups is 1. The Morgan fingerprint density at radius 2 is 1.91 bits per heavy atom. The summed E-state index contributed by atoms with van der Waals surface area (Å²) in [7, 11) is -4.14. The van der Waals surface area contributed by atoms with E-state index in [0.29, 0.717) is 29.7 Å². The standard InChI is InChI=1S/C31H28Cl2N6O4S/c1-20-16-26(38-15-13-35-19-38)22-4-2-6-27(30(22)37-20)43-18-23-24(32)7-8-28(29(23)33)44(41,42)39-14-3-5-25(39)31(40)36-17-21-9-11-34-12-10-21/h2,4,6-13,15-16,19,25H,3,5,14,17-18H2,1H3,(H,36,40). The van der Waals surface area contributed by atoms with E-state index in [2.05, 4.69) is 15.3 Å². The number of rotatable bonds is 9. The third-order valence-electron chi connectivity index (χ3n) is 7.52. The monoisotopic (exact) mass is 650 g/mol. The Kier molecular flexibility index (Phi) is 8.55. The van der Waals surface area contributed by atoms with Gasteiger partial charge in [0.1, 0.15) is 28.8 Å². The number of pyridine rings is 2. The fraction of sp³-hybridized carbons (Fsp3) is 0.226. The molecule has 6 rings (SSSR count). The first kappa shape index (κ1) is 30.0. The maximum atomic E-state index is 13.9. The van der Waals surface area contributed by atoms with Crippen LogP contribution in [0.15, 0.2) is 84.5 Å². The van der Waals surface area contributed by atoms with Crippen LogP contribution in [0.5, 0.6) is 5.75 Å². The Labute approximate surface area is 264 Å². The van der Waals surface area contributed by atoms with Crippen molar-refractivity contribution in [3.8, 4) is 11.4 Å². The third kappa shape index (κ3) is 5.88. The summed E-state index contributed by atoms with van der Waals surface area (Å²) in [5, 5.41) is 3.89. The van der Waals surface area contributed by atoms with Crippen LogP contribution in [0.4, 0.5) is 0 Å². The van der Waals surface area contributed by atoms with Crippen LogP contribution >= 0.6 is 23.2 Å². The summed E-state index contributed by atoms with van der Waals surface area (Å²) in [6.45, 7) is 2.25. The molecule has 0 spiro atoms. The van der Waals surface area contributed by atoms with E-state index in [1.165, 1.54) is 16.4 Å². The molecule has 1 unspecified atom stereocenters. The van der Waals surface area contributed by atoms with Crippen LogP contribution < -0.4 is 10.1 Å². The fourth-order valence-electron chi connectivity index (χ4n) is 5.34. The summed E-state index contributed by atoms with van der Waals surface area (Å²) in [6, 6.07) is 13.1. The first-order valence-electron chi connectivity index (χ1n) is 13.9. The molecule has 0 saturated carbocycles. The number of aromatic nitrogens is 4. The number of fused-ring (bicyclic) bond motifs is 1. The molecule has 226 valence electrons. The zero-order valence-electron chi connectivity index (χ0n) is 23.7. The van der Waals surface area contributed by atoms with Crippen LogP contribution in [0, 0.1) is 6.92 Å². The van der Waals surface area contributed by atoms with Gasteiger partial charge in [-0.1, -0.05) is 35.3 Å². The highest BCUT2D eigenvalue weighted by Gasteiger charge is 2.40. The molecule has 0 radical (unpaired) electrons. The smallest absolute Gasteiger partial charge is 0.245 e. The van der Waals surface area contributed by atoms with E-state index in [4.69, 9.17) is 32.9 Å².